The van der Waals surface area contributed by atoms with Crippen LogP contribution in [-0.4, -0.2) is 31.5 Å². The Morgan fingerprint density at radius 1 is 1.24 bits per heavy atom. The number of aromatic carboxylic acids is 1. The molecule has 21 heavy (non-hydrogen) atoms. The van der Waals surface area contributed by atoms with Crippen LogP contribution in [0.25, 0.3) is 0 Å². The minimum atomic E-state index is -3.77. The van der Waals surface area contributed by atoms with Gasteiger partial charge in [0.1, 0.15) is 0 Å². The number of rotatable bonds is 4. The molecule has 1 aromatic heterocycles. The number of anilines is 1. The number of sulfonamides is 1. The lowest BCUT2D eigenvalue weighted by molar-refractivity contribution is 0.0696. The minimum absolute atomic E-state index is 0.0784. The first-order valence-electron chi connectivity index (χ1n) is 5.75. The van der Waals surface area contributed by atoms with Crippen molar-refractivity contribution >= 4 is 37.6 Å². The second-order valence-corrected chi connectivity index (χ2v) is 7.05. The summed E-state index contributed by atoms with van der Waals surface area (Å²) in [6.45, 7) is 0. The summed E-state index contributed by atoms with van der Waals surface area (Å²) in [5.41, 5.74) is 0.100. The van der Waals surface area contributed by atoms with Crippen LogP contribution in [0.5, 0.6) is 0 Å². The number of halogens is 1. The van der Waals surface area contributed by atoms with Crippen molar-refractivity contribution in [2.75, 3.05) is 11.4 Å². The number of hydrogen-bond acceptors (Lipinski definition) is 4. The van der Waals surface area contributed by atoms with E-state index in [9.17, 15) is 13.2 Å². The molecule has 2 aromatic rings. The van der Waals surface area contributed by atoms with Crippen LogP contribution in [-0.2, 0) is 10.0 Å². The Labute approximate surface area is 130 Å². The average Bonchev–Trinajstić information content (AvgIpc) is 2.47. The maximum absolute atomic E-state index is 12.5. The molecule has 1 N–H and O–H groups in total. The van der Waals surface area contributed by atoms with Gasteiger partial charge in [0.15, 0.2) is 0 Å². The van der Waals surface area contributed by atoms with Crippen molar-refractivity contribution in [3.63, 3.8) is 0 Å². The predicted molar refractivity (Wildman–Crippen MR) is 80.9 cm³/mol. The van der Waals surface area contributed by atoms with Gasteiger partial charge >= 0.3 is 5.97 Å². The van der Waals surface area contributed by atoms with Crippen LogP contribution in [0.4, 0.5) is 5.69 Å². The van der Waals surface area contributed by atoms with Gasteiger partial charge in [0.05, 0.1) is 22.3 Å². The fourth-order valence-corrected chi connectivity index (χ4v) is 3.06. The first kappa shape index (κ1) is 15.5. The Morgan fingerprint density at radius 2 is 1.86 bits per heavy atom. The zero-order chi connectivity index (χ0) is 15.6. The van der Waals surface area contributed by atoms with E-state index in [-0.39, 0.29) is 16.1 Å². The highest BCUT2D eigenvalue weighted by molar-refractivity contribution is 9.10. The van der Waals surface area contributed by atoms with Gasteiger partial charge in [-0.05, 0) is 30.3 Å². The number of nitrogens with zero attached hydrogens (tertiary/aromatic N) is 2. The van der Waals surface area contributed by atoms with Crippen molar-refractivity contribution < 1.29 is 18.3 Å². The van der Waals surface area contributed by atoms with Crippen molar-refractivity contribution in [1.82, 2.24) is 4.98 Å². The number of carbonyl (C=O) groups is 1. The SMILES string of the molecule is CN(c1cncc(C(=O)O)c1)S(=O)(=O)c1ccc(Br)cc1. The molecule has 0 spiro atoms. The number of benzene rings is 1. The molecule has 0 radical (unpaired) electrons. The maximum atomic E-state index is 12.5. The van der Waals surface area contributed by atoms with E-state index in [2.05, 4.69) is 20.9 Å². The fourth-order valence-electron chi connectivity index (χ4n) is 1.62. The van der Waals surface area contributed by atoms with Gasteiger partial charge in [-0.1, -0.05) is 15.9 Å². The van der Waals surface area contributed by atoms with E-state index in [1.165, 1.54) is 31.4 Å². The highest BCUT2D eigenvalue weighted by atomic mass is 79.9. The Hall–Kier alpha value is -1.93. The molecule has 110 valence electrons. The molecular formula is C13H11BrN2O4S. The van der Waals surface area contributed by atoms with Crippen LogP contribution in [0.1, 0.15) is 10.4 Å². The quantitative estimate of drug-likeness (QED) is 0.892. The van der Waals surface area contributed by atoms with Crippen molar-refractivity contribution in [1.29, 1.82) is 0 Å². The van der Waals surface area contributed by atoms with Gasteiger partial charge in [-0.3, -0.25) is 9.29 Å². The molecule has 0 saturated heterocycles. The van der Waals surface area contributed by atoms with Crippen molar-refractivity contribution in [2.24, 2.45) is 0 Å². The van der Waals surface area contributed by atoms with Crippen molar-refractivity contribution in [3.05, 3.63) is 52.8 Å². The number of pyridine rings is 1. The lowest BCUT2D eigenvalue weighted by Gasteiger charge is -2.19. The summed E-state index contributed by atoms with van der Waals surface area (Å²) in [4.78, 5) is 14.8. The van der Waals surface area contributed by atoms with Gasteiger partial charge in [0, 0.05) is 17.7 Å². The molecule has 1 heterocycles. The summed E-state index contributed by atoms with van der Waals surface area (Å²) < 4.78 is 26.7. The van der Waals surface area contributed by atoms with Gasteiger partial charge in [-0.25, -0.2) is 13.2 Å². The van der Waals surface area contributed by atoms with Crippen LogP contribution >= 0.6 is 15.9 Å². The highest BCUT2D eigenvalue weighted by Crippen LogP contribution is 2.23. The van der Waals surface area contributed by atoms with Gasteiger partial charge < -0.3 is 5.11 Å². The molecule has 0 aliphatic heterocycles. The van der Waals surface area contributed by atoms with E-state index in [0.717, 1.165) is 15.0 Å². The Balaban J connectivity index is 2.43. The van der Waals surface area contributed by atoms with Gasteiger partial charge in [0.25, 0.3) is 10.0 Å². The third-order valence-corrected chi connectivity index (χ3v) is 5.13. The second-order valence-electron chi connectivity index (χ2n) is 4.16. The molecule has 1 aromatic carbocycles. The summed E-state index contributed by atoms with van der Waals surface area (Å²) >= 11 is 3.24. The topological polar surface area (TPSA) is 87.6 Å². The molecule has 0 bridgehead atoms. The van der Waals surface area contributed by atoms with E-state index in [4.69, 9.17) is 5.11 Å². The van der Waals surface area contributed by atoms with Gasteiger partial charge in [0.2, 0.25) is 0 Å². The van der Waals surface area contributed by atoms with Crippen LogP contribution in [0.15, 0.2) is 52.1 Å². The van der Waals surface area contributed by atoms with Crippen molar-refractivity contribution in [2.45, 2.75) is 4.90 Å². The molecule has 0 saturated carbocycles. The third kappa shape index (κ3) is 3.22. The normalized spacial score (nSPS) is 11.1. The number of aromatic nitrogens is 1. The third-order valence-electron chi connectivity index (χ3n) is 2.81. The Bertz CT molecular complexity index is 775. The first-order valence-corrected chi connectivity index (χ1v) is 7.98. The van der Waals surface area contributed by atoms with E-state index in [1.807, 2.05) is 0 Å². The maximum Gasteiger partial charge on any atom is 0.337 e. The monoisotopic (exact) mass is 370 g/mol. The Morgan fingerprint density at radius 3 is 2.43 bits per heavy atom. The predicted octanol–water partition coefficient (Wildman–Crippen LogP) is 2.37. The second kappa shape index (κ2) is 5.82. The number of hydrogen-bond donors (Lipinski definition) is 1. The van der Waals surface area contributed by atoms with Crippen LogP contribution in [0, 0.1) is 0 Å². The average molecular weight is 371 g/mol. The zero-order valence-electron chi connectivity index (χ0n) is 10.9. The molecule has 6 nitrogen and oxygen atoms in total. The molecule has 0 aliphatic rings. The van der Waals surface area contributed by atoms with Gasteiger partial charge in [-0.2, -0.15) is 0 Å². The molecule has 2 rings (SSSR count). The molecule has 0 aliphatic carbocycles. The molecule has 0 amide bonds. The fraction of sp³-hybridized carbons (Fsp3) is 0.0769. The molecule has 0 fully saturated rings. The van der Waals surface area contributed by atoms with E-state index in [1.54, 1.807) is 12.1 Å². The lowest BCUT2D eigenvalue weighted by atomic mass is 10.3. The first-order chi connectivity index (χ1) is 9.82. The number of carboxylic acids is 1. The van der Waals surface area contributed by atoms with Crippen LogP contribution < -0.4 is 4.31 Å². The van der Waals surface area contributed by atoms with Crippen molar-refractivity contribution in [3.8, 4) is 0 Å². The van der Waals surface area contributed by atoms with Crippen LogP contribution in [0.3, 0.4) is 0 Å². The van der Waals surface area contributed by atoms with E-state index < -0.39 is 16.0 Å². The molecule has 0 atom stereocenters. The minimum Gasteiger partial charge on any atom is -0.478 e. The lowest BCUT2D eigenvalue weighted by Crippen LogP contribution is -2.26. The number of carboxylic acid groups (broad SMARTS) is 1. The summed E-state index contributed by atoms with van der Waals surface area (Å²) in [6, 6.07) is 7.42. The summed E-state index contributed by atoms with van der Waals surface area (Å²) in [6.07, 6.45) is 2.45. The molecule has 8 heteroatoms. The Kier molecular flexibility index (Phi) is 4.29. The summed E-state index contributed by atoms with van der Waals surface area (Å²) in [7, 11) is -2.42. The smallest absolute Gasteiger partial charge is 0.337 e. The summed E-state index contributed by atoms with van der Waals surface area (Å²) in [5, 5.41) is 8.93. The molecule has 0 unspecified atom stereocenters. The van der Waals surface area contributed by atoms with Gasteiger partial charge in [-0.15, -0.1) is 0 Å². The van der Waals surface area contributed by atoms with E-state index >= 15 is 0 Å². The zero-order valence-corrected chi connectivity index (χ0v) is 13.3. The highest BCUT2D eigenvalue weighted by Gasteiger charge is 2.22. The molecular weight excluding hydrogens is 360 g/mol. The van der Waals surface area contributed by atoms with Crippen LogP contribution in [0.2, 0.25) is 0 Å². The standard InChI is InChI=1S/C13H11BrN2O4S/c1-16(11-6-9(13(17)18)7-15-8-11)21(19,20)12-4-2-10(14)3-5-12/h2-8H,1H3,(H,17,18). The largest absolute Gasteiger partial charge is 0.478 e. The van der Waals surface area contributed by atoms with E-state index in [0.29, 0.717) is 0 Å². The summed E-state index contributed by atoms with van der Waals surface area (Å²) in [5.74, 6) is -1.17.